The Morgan fingerprint density at radius 2 is 2.30 bits per heavy atom. The highest BCUT2D eigenvalue weighted by atomic mass is 35.5. The molecule has 1 aliphatic carbocycles. The fraction of sp³-hybridized carbons (Fsp3) is 0.812. The summed E-state index contributed by atoms with van der Waals surface area (Å²) in [6.45, 7) is 7.44. The molecule has 20 heavy (non-hydrogen) atoms. The lowest BCUT2D eigenvalue weighted by Crippen LogP contribution is -2.35. The van der Waals surface area contributed by atoms with Crippen molar-refractivity contribution in [3.63, 3.8) is 0 Å². The minimum atomic E-state index is -0.791. The maximum absolute atomic E-state index is 11.2. The molecule has 0 bridgehead atoms. The van der Waals surface area contributed by atoms with Crippen molar-refractivity contribution in [3.8, 4) is 0 Å². The summed E-state index contributed by atoms with van der Waals surface area (Å²) in [7, 11) is 0. The summed E-state index contributed by atoms with van der Waals surface area (Å²) in [5, 5.41) is 16.1. The van der Waals surface area contributed by atoms with Crippen LogP contribution in [-0.2, 0) is 12.1 Å². The molecule has 0 saturated heterocycles. The van der Waals surface area contributed by atoms with E-state index in [1.807, 2.05) is 4.68 Å². The summed E-state index contributed by atoms with van der Waals surface area (Å²) < 4.78 is 1.90. The molecule has 1 aromatic rings. The summed E-state index contributed by atoms with van der Waals surface area (Å²) in [6.07, 6.45) is 7.77. The number of nitrogens with zero attached hydrogens (tertiary/aromatic N) is 2. The van der Waals surface area contributed by atoms with Gasteiger partial charge in [-0.05, 0) is 43.9 Å². The van der Waals surface area contributed by atoms with E-state index in [4.69, 9.17) is 11.6 Å². The van der Waals surface area contributed by atoms with Crippen molar-refractivity contribution in [2.24, 2.45) is 11.8 Å². The predicted molar refractivity (Wildman–Crippen MR) is 82.8 cm³/mol. The number of aryl methyl sites for hydroxylation is 1. The monoisotopic (exact) mass is 298 g/mol. The Bertz CT molecular complexity index is 444. The van der Waals surface area contributed by atoms with Gasteiger partial charge in [-0.1, -0.05) is 38.8 Å². The lowest BCUT2D eigenvalue weighted by molar-refractivity contribution is -0.0316. The maximum atomic E-state index is 11.2. The molecule has 2 unspecified atom stereocenters. The molecule has 0 aromatic carbocycles. The van der Waals surface area contributed by atoms with Gasteiger partial charge in [-0.2, -0.15) is 5.10 Å². The van der Waals surface area contributed by atoms with Crippen LogP contribution in [0.5, 0.6) is 0 Å². The Morgan fingerprint density at radius 3 is 2.95 bits per heavy atom. The van der Waals surface area contributed by atoms with Crippen LogP contribution < -0.4 is 0 Å². The van der Waals surface area contributed by atoms with Crippen LogP contribution in [-0.4, -0.2) is 14.9 Å². The normalized spacial score (nSPS) is 27.2. The molecule has 1 aliphatic rings. The number of aliphatic hydroxyl groups is 1. The zero-order chi connectivity index (χ0) is 14.8. The minimum absolute atomic E-state index is 0.592. The van der Waals surface area contributed by atoms with E-state index in [1.54, 1.807) is 6.20 Å². The van der Waals surface area contributed by atoms with Crippen LogP contribution in [0.15, 0.2) is 6.20 Å². The molecule has 1 fully saturated rings. The average Bonchev–Trinajstić information content (AvgIpc) is 2.71. The summed E-state index contributed by atoms with van der Waals surface area (Å²) in [4.78, 5) is 0. The van der Waals surface area contributed by atoms with Gasteiger partial charge in [-0.25, -0.2) is 0 Å². The lowest BCUT2D eigenvalue weighted by Gasteiger charge is -2.38. The van der Waals surface area contributed by atoms with Gasteiger partial charge in [-0.3, -0.25) is 4.68 Å². The van der Waals surface area contributed by atoms with Crippen molar-refractivity contribution in [2.45, 2.75) is 71.4 Å². The highest BCUT2D eigenvalue weighted by molar-refractivity contribution is 6.31. The Hall–Kier alpha value is -0.540. The van der Waals surface area contributed by atoms with E-state index in [0.717, 1.165) is 37.9 Å². The maximum Gasteiger partial charge on any atom is 0.108 e. The van der Waals surface area contributed by atoms with Gasteiger partial charge in [0.1, 0.15) is 5.60 Å². The predicted octanol–water partition coefficient (Wildman–Crippen LogP) is 4.37. The van der Waals surface area contributed by atoms with Gasteiger partial charge in [0.15, 0.2) is 0 Å². The van der Waals surface area contributed by atoms with Gasteiger partial charge >= 0.3 is 0 Å². The van der Waals surface area contributed by atoms with Crippen LogP contribution in [0.4, 0.5) is 0 Å². The van der Waals surface area contributed by atoms with E-state index in [1.165, 1.54) is 12.8 Å². The molecule has 114 valence electrons. The van der Waals surface area contributed by atoms with Crippen molar-refractivity contribution in [1.82, 2.24) is 9.78 Å². The quantitative estimate of drug-likeness (QED) is 0.876. The molecule has 2 rings (SSSR count). The third-order valence-electron chi connectivity index (χ3n) is 4.30. The third kappa shape index (κ3) is 3.37. The van der Waals surface area contributed by atoms with Gasteiger partial charge in [0.25, 0.3) is 0 Å². The molecule has 0 spiro atoms. The fourth-order valence-electron chi connectivity index (χ4n) is 3.65. The molecule has 1 saturated carbocycles. The minimum Gasteiger partial charge on any atom is -0.384 e. The second kappa shape index (κ2) is 6.48. The van der Waals surface area contributed by atoms with Crippen molar-refractivity contribution < 1.29 is 5.11 Å². The van der Waals surface area contributed by atoms with Crippen molar-refractivity contribution >= 4 is 11.6 Å². The summed E-state index contributed by atoms with van der Waals surface area (Å²) in [5.74, 6) is 1.27. The first-order chi connectivity index (χ1) is 9.46. The standard InChI is InChI=1S/C16H27ClN2O/c1-4-8-19-15(14(17)11-18-19)16(20)7-5-6-13(10-16)9-12(2)3/h11-13,20H,4-10H2,1-3H3. The van der Waals surface area contributed by atoms with Crippen molar-refractivity contribution in [3.05, 3.63) is 16.9 Å². The summed E-state index contributed by atoms with van der Waals surface area (Å²) in [5.41, 5.74) is 0.0510. The second-order valence-electron chi connectivity index (χ2n) is 6.69. The first-order valence-corrected chi connectivity index (χ1v) is 8.28. The average molecular weight is 299 g/mol. The number of hydrogen-bond donors (Lipinski definition) is 1. The fourth-order valence-corrected chi connectivity index (χ4v) is 3.97. The third-order valence-corrected chi connectivity index (χ3v) is 4.58. The first-order valence-electron chi connectivity index (χ1n) is 7.90. The van der Waals surface area contributed by atoms with E-state index < -0.39 is 5.60 Å². The summed E-state index contributed by atoms with van der Waals surface area (Å²) in [6, 6.07) is 0. The van der Waals surface area contributed by atoms with E-state index >= 15 is 0 Å². The second-order valence-corrected chi connectivity index (χ2v) is 7.09. The Kier molecular flexibility index (Phi) is 5.14. The molecule has 0 aliphatic heterocycles. The molecule has 3 nitrogen and oxygen atoms in total. The van der Waals surface area contributed by atoms with Gasteiger partial charge in [0, 0.05) is 6.54 Å². The van der Waals surface area contributed by atoms with Gasteiger partial charge in [-0.15, -0.1) is 0 Å². The van der Waals surface area contributed by atoms with Gasteiger partial charge < -0.3 is 5.11 Å². The molecule has 2 atom stereocenters. The highest BCUT2D eigenvalue weighted by Crippen LogP contribution is 2.44. The van der Waals surface area contributed by atoms with Gasteiger partial charge in [0.2, 0.25) is 0 Å². The van der Waals surface area contributed by atoms with Crippen LogP contribution >= 0.6 is 11.6 Å². The largest absolute Gasteiger partial charge is 0.384 e. The van der Waals surface area contributed by atoms with E-state index in [-0.39, 0.29) is 0 Å². The van der Waals surface area contributed by atoms with E-state index in [2.05, 4.69) is 25.9 Å². The topological polar surface area (TPSA) is 38.0 Å². The number of hydrogen-bond acceptors (Lipinski definition) is 2. The van der Waals surface area contributed by atoms with Crippen LogP contribution in [0.25, 0.3) is 0 Å². The molecule has 4 heteroatoms. The van der Waals surface area contributed by atoms with Crippen LogP contribution in [0, 0.1) is 11.8 Å². The molecule has 1 heterocycles. The van der Waals surface area contributed by atoms with Crippen molar-refractivity contribution in [1.29, 1.82) is 0 Å². The smallest absolute Gasteiger partial charge is 0.108 e. The lowest BCUT2D eigenvalue weighted by atomic mass is 9.73. The van der Waals surface area contributed by atoms with E-state index in [0.29, 0.717) is 16.9 Å². The first kappa shape index (κ1) is 15.8. The zero-order valence-corrected chi connectivity index (χ0v) is 13.7. The number of aromatic nitrogens is 2. The SMILES string of the molecule is CCCn1ncc(Cl)c1C1(O)CCCC(CC(C)C)C1. The Balaban J connectivity index is 2.23. The molecular formula is C16H27ClN2O. The van der Waals surface area contributed by atoms with E-state index in [9.17, 15) is 5.11 Å². The molecular weight excluding hydrogens is 272 g/mol. The number of rotatable bonds is 5. The highest BCUT2D eigenvalue weighted by Gasteiger charge is 2.40. The van der Waals surface area contributed by atoms with Crippen molar-refractivity contribution in [2.75, 3.05) is 0 Å². The Labute approximate surface area is 127 Å². The van der Waals surface area contributed by atoms with Gasteiger partial charge in [0.05, 0.1) is 16.9 Å². The van der Waals surface area contributed by atoms with Crippen LogP contribution in [0.2, 0.25) is 5.02 Å². The molecule has 1 aromatic heterocycles. The molecule has 1 N–H and O–H groups in total. The Morgan fingerprint density at radius 1 is 1.55 bits per heavy atom. The summed E-state index contributed by atoms with van der Waals surface area (Å²) >= 11 is 6.31. The molecule has 0 radical (unpaired) electrons. The number of halogens is 1. The molecule has 0 amide bonds. The zero-order valence-electron chi connectivity index (χ0n) is 12.9. The van der Waals surface area contributed by atoms with Crippen LogP contribution in [0.3, 0.4) is 0 Å². The van der Waals surface area contributed by atoms with Crippen LogP contribution in [0.1, 0.15) is 65.0 Å².